The molecule has 20 heavy (non-hydrogen) atoms. The number of rotatable bonds is 4. The van der Waals surface area contributed by atoms with Crippen LogP contribution in [0.3, 0.4) is 0 Å². The van der Waals surface area contributed by atoms with Crippen molar-refractivity contribution in [2.45, 2.75) is 44.7 Å². The van der Waals surface area contributed by atoms with Crippen molar-refractivity contribution in [3.63, 3.8) is 0 Å². The number of carbonyl (C=O) groups excluding carboxylic acids is 1. The van der Waals surface area contributed by atoms with E-state index in [1.165, 1.54) is 0 Å². The van der Waals surface area contributed by atoms with Gasteiger partial charge in [-0.25, -0.2) is 4.68 Å². The molecule has 1 aliphatic carbocycles. The molecule has 1 aromatic rings. The standard InChI is InChI=1S/C13H21N5O.ClH/c1-2-17(10-3-4-10)13(19)12-9-18(16-15-12)11-5-7-14-8-6-11;/h9-11,14H,2-8H2,1H3;1H. The van der Waals surface area contributed by atoms with Crippen LogP contribution in [0.25, 0.3) is 0 Å². The lowest BCUT2D eigenvalue weighted by Crippen LogP contribution is -2.33. The van der Waals surface area contributed by atoms with E-state index in [9.17, 15) is 4.79 Å². The third kappa shape index (κ3) is 3.12. The van der Waals surface area contributed by atoms with Crippen LogP contribution in [0.2, 0.25) is 0 Å². The molecule has 112 valence electrons. The van der Waals surface area contributed by atoms with Crippen LogP contribution < -0.4 is 5.32 Å². The Morgan fingerprint density at radius 1 is 1.40 bits per heavy atom. The fraction of sp³-hybridized carbons (Fsp3) is 0.769. The van der Waals surface area contributed by atoms with Crippen molar-refractivity contribution < 1.29 is 4.79 Å². The third-order valence-corrected chi connectivity index (χ3v) is 4.00. The van der Waals surface area contributed by atoms with Gasteiger partial charge in [0, 0.05) is 12.6 Å². The van der Waals surface area contributed by atoms with Crippen molar-refractivity contribution >= 4 is 18.3 Å². The van der Waals surface area contributed by atoms with Crippen LogP contribution in [0.4, 0.5) is 0 Å². The van der Waals surface area contributed by atoms with E-state index in [2.05, 4.69) is 15.6 Å². The molecule has 0 radical (unpaired) electrons. The van der Waals surface area contributed by atoms with Gasteiger partial charge in [0.25, 0.3) is 5.91 Å². The van der Waals surface area contributed by atoms with Gasteiger partial charge in [0.2, 0.25) is 0 Å². The number of piperidine rings is 1. The lowest BCUT2D eigenvalue weighted by molar-refractivity contribution is 0.0746. The summed E-state index contributed by atoms with van der Waals surface area (Å²) < 4.78 is 1.87. The maximum atomic E-state index is 12.4. The molecule has 1 N–H and O–H groups in total. The van der Waals surface area contributed by atoms with Crippen molar-refractivity contribution in [1.29, 1.82) is 0 Å². The molecule has 3 rings (SSSR count). The van der Waals surface area contributed by atoms with E-state index < -0.39 is 0 Å². The quantitative estimate of drug-likeness (QED) is 0.909. The summed E-state index contributed by atoms with van der Waals surface area (Å²) in [6.07, 6.45) is 6.18. The molecule has 1 saturated heterocycles. The highest BCUT2D eigenvalue weighted by Crippen LogP contribution is 2.27. The van der Waals surface area contributed by atoms with Gasteiger partial charge in [0.15, 0.2) is 5.69 Å². The largest absolute Gasteiger partial charge is 0.334 e. The summed E-state index contributed by atoms with van der Waals surface area (Å²) >= 11 is 0. The van der Waals surface area contributed by atoms with Gasteiger partial charge in [-0.3, -0.25) is 4.79 Å². The predicted molar refractivity (Wildman–Crippen MR) is 78.1 cm³/mol. The number of amides is 1. The Hall–Kier alpha value is -1.14. The summed E-state index contributed by atoms with van der Waals surface area (Å²) in [4.78, 5) is 14.3. The molecule has 2 aliphatic rings. The fourth-order valence-electron chi connectivity index (χ4n) is 2.73. The lowest BCUT2D eigenvalue weighted by atomic mass is 10.1. The SMILES string of the molecule is CCN(C(=O)c1cn(C2CCNCC2)nn1)C1CC1.Cl. The Bertz CT molecular complexity index is 453. The third-order valence-electron chi connectivity index (χ3n) is 4.00. The first-order valence-electron chi connectivity index (χ1n) is 7.23. The number of aromatic nitrogens is 3. The van der Waals surface area contributed by atoms with Crippen LogP contribution >= 0.6 is 12.4 Å². The zero-order chi connectivity index (χ0) is 13.2. The van der Waals surface area contributed by atoms with E-state index in [0.717, 1.165) is 45.3 Å². The van der Waals surface area contributed by atoms with Gasteiger partial charge < -0.3 is 10.2 Å². The van der Waals surface area contributed by atoms with Gasteiger partial charge in [-0.15, -0.1) is 17.5 Å². The molecular weight excluding hydrogens is 278 g/mol. The normalized spacial score (nSPS) is 19.4. The molecule has 0 atom stereocenters. The Morgan fingerprint density at radius 2 is 2.10 bits per heavy atom. The highest BCUT2D eigenvalue weighted by atomic mass is 35.5. The van der Waals surface area contributed by atoms with Crippen LogP contribution in [-0.2, 0) is 0 Å². The minimum Gasteiger partial charge on any atom is -0.334 e. The van der Waals surface area contributed by atoms with Crippen LogP contribution in [0, 0.1) is 0 Å². The van der Waals surface area contributed by atoms with Gasteiger partial charge in [0.1, 0.15) is 0 Å². The molecule has 1 saturated carbocycles. The Kier molecular flexibility index (Phi) is 4.99. The Labute approximate surface area is 125 Å². The molecule has 2 heterocycles. The molecule has 1 aromatic heterocycles. The fourth-order valence-corrected chi connectivity index (χ4v) is 2.73. The van der Waals surface area contributed by atoms with E-state index in [1.807, 2.05) is 22.7 Å². The van der Waals surface area contributed by atoms with E-state index >= 15 is 0 Å². The molecule has 0 bridgehead atoms. The first-order valence-corrected chi connectivity index (χ1v) is 7.23. The second-order valence-electron chi connectivity index (χ2n) is 5.39. The molecule has 1 amide bonds. The highest BCUT2D eigenvalue weighted by Gasteiger charge is 2.33. The van der Waals surface area contributed by atoms with Crippen LogP contribution in [0.15, 0.2) is 6.20 Å². The van der Waals surface area contributed by atoms with E-state index in [0.29, 0.717) is 17.8 Å². The van der Waals surface area contributed by atoms with Crippen molar-refractivity contribution in [1.82, 2.24) is 25.2 Å². The maximum absolute atomic E-state index is 12.4. The first kappa shape index (κ1) is 15.3. The van der Waals surface area contributed by atoms with Crippen LogP contribution in [0.1, 0.15) is 49.1 Å². The Morgan fingerprint density at radius 3 is 2.70 bits per heavy atom. The summed E-state index contributed by atoms with van der Waals surface area (Å²) in [7, 11) is 0. The first-order chi connectivity index (χ1) is 9.29. The molecule has 2 fully saturated rings. The van der Waals surface area contributed by atoms with Crippen LogP contribution in [-0.4, -0.2) is 51.5 Å². The molecule has 7 heteroatoms. The van der Waals surface area contributed by atoms with Gasteiger partial charge >= 0.3 is 0 Å². The van der Waals surface area contributed by atoms with E-state index in [1.54, 1.807) is 0 Å². The average Bonchev–Trinajstić information content (AvgIpc) is 3.16. The van der Waals surface area contributed by atoms with Gasteiger partial charge in [-0.1, -0.05) is 5.21 Å². The van der Waals surface area contributed by atoms with Crippen molar-refractivity contribution in [2.24, 2.45) is 0 Å². The second kappa shape index (κ2) is 6.54. The number of hydrogen-bond donors (Lipinski definition) is 1. The lowest BCUT2D eigenvalue weighted by Gasteiger charge is -2.22. The smallest absolute Gasteiger partial charge is 0.276 e. The zero-order valence-corrected chi connectivity index (χ0v) is 12.6. The monoisotopic (exact) mass is 299 g/mol. The predicted octanol–water partition coefficient (Wildman–Crippen LogP) is 1.25. The molecule has 0 unspecified atom stereocenters. The summed E-state index contributed by atoms with van der Waals surface area (Å²) in [5.74, 6) is 0.0326. The molecule has 0 aromatic carbocycles. The van der Waals surface area contributed by atoms with Crippen molar-refractivity contribution in [3.05, 3.63) is 11.9 Å². The number of nitrogens with zero attached hydrogens (tertiary/aromatic N) is 4. The van der Waals surface area contributed by atoms with Crippen LogP contribution in [0.5, 0.6) is 0 Å². The maximum Gasteiger partial charge on any atom is 0.276 e. The Balaban J connectivity index is 0.00000147. The molecule has 1 aliphatic heterocycles. The van der Waals surface area contributed by atoms with Gasteiger partial charge in [-0.05, 0) is 45.7 Å². The number of carbonyl (C=O) groups is 1. The summed E-state index contributed by atoms with van der Waals surface area (Å²) in [6, 6.07) is 0.813. The summed E-state index contributed by atoms with van der Waals surface area (Å²) in [6.45, 7) is 4.80. The van der Waals surface area contributed by atoms with E-state index in [4.69, 9.17) is 0 Å². The van der Waals surface area contributed by atoms with Crippen molar-refractivity contribution in [2.75, 3.05) is 19.6 Å². The number of hydrogen-bond acceptors (Lipinski definition) is 4. The average molecular weight is 300 g/mol. The minimum absolute atomic E-state index is 0. The minimum atomic E-state index is 0. The number of nitrogens with one attached hydrogen (secondary N) is 1. The van der Waals surface area contributed by atoms with Gasteiger partial charge in [0.05, 0.1) is 12.2 Å². The zero-order valence-electron chi connectivity index (χ0n) is 11.8. The summed E-state index contributed by atoms with van der Waals surface area (Å²) in [5, 5.41) is 11.5. The summed E-state index contributed by atoms with van der Waals surface area (Å²) in [5.41, 5.74) is 0.493. The topological polar surface area (TPSA) is 63.1 Å². The molecule has 6 nitrogen and oxygen atoms in total. The molecule has 0 spiro atoms. The molecular formula is C13H22ClN5O. The van der Waals surface area contributed by atoms with E-state index in [-0.39, 0.29) is 18.3 Å². The number of halogens is 1. The van der Waals surface area contributed by atoms with Gasteiger partial charge in [-0.2, -0.15) is 0 Å². The van der Waals surface area contributed by atoms with Crippen molar-refractivity contribution in [3.8, 4) is 0 Å². The second-order valence-corrected chi connectivity index (χ2v) is 5.39. The highest BCUT2D eigenvalue weighted by molar-refractivity contribution is 5.92.